The van der Waals surface area contributed by atoms with Crippen molar-refractivity contribution in [1.29, 1.82) is 0 Å². The second-order valence-corrected chi connectivity index (χ2v) is 5.57. The van der Waals surface area contributed by atoms with E-state index in [0.29, 0.717) is 16.3 Å². The van der Waals surface area contributed by atoms with Crippen molar-refractivity contribution in [1.82, 2.24) is 4.57 Å². The van der Waals surface area contributed by atoms with Crippen molar-refractivity contribution in [3.8, 4) is 11.3 Å². The minimum absolute atomic E-state index is 0.0180. The Bertz CT molecular complexity index is 590. The first-order valence-electron chi connectivity index (χ1n) is 5.12. The molecule has 0 aliphatic heterocycles. The normalized spacial score (nSPS) is 11.9. The molecule has 0 fully saturated rings. The fourth-order valence-corrected chi connectivity index (χ4v) is 3.09. The minimum atomic E-state index is -4.42. The number of halogens is 6. The summed E-state index contributed by atoms with van der Waals surface area (Å²) in [4.78, 5) is 0. The Labute approximate surface area is 129 Å². The van der Waals surface area contributed by atoms with Gasteiger partial charge in [-0.25, -0.2) is 0 Å². The zero-order chi connectivity index (χ0) is 14.2. The van der Waals surface area contributed by atoms with Crippen molar-refractivity contribution in [2.24, 2.45) is 0 Å². The average molecular weight is 417 g/mol. The average Bonchev–Trinajstić information content (AvgIpc) is 2.66. The Balaban J connectivity index is 2.62. The molecule has 19 heavy (non-hydrogen) atoms. The van der Waals surface area contributed by atoms with Crippen LogP contribution in [0, 0.1) is 0 Å². The maximum atomic E-state index is 13.0. The van der Waals surface area contributed by atoms with Crippen LogP contribution >= 0.6 is 43.5 Å². The first-order valence-corrected chi connectivity index (χ1v) is 7.42. The van der Waals surface area contributed by atoms with Crippen LogP contribution in [0.5, 0.6) is 0 Å². The Hall–Kier alpha value is -0.460. The molecule has 0 saturated heterocycles. The molecule has 1 nitrogen and oxygen atoms in total. The van der Waals surface area contributed by atoms with E-state index in [1.54, 1.807) is 24.3 Å². The first kappa shape index (κ1) is 14.9. The smallest absolute Gasteiger partial charge is 0.325 e. The number of rotatable bonds is 2. The van der Waals surface area contributed by atoms with Crippen LogP contribution in [0.3, 0.4) is 0 Å². The van der Waals surface area contributed by atoms with Gasteiger partial charge in [0.2, 0.25) is 0 Å². The van der Waals surface area contributed by atoms with Gasteiger partial charge < -0.3 is 4.57 Å². The minimum Gasteiger partial charge on any atom is -0.325 e. The summed E-state index contributed by atoms with van der Waals surface area (Å²) in [7, 11) is 0. The van der Waals surface area contributed by atoms with Gasteiger partial charge in [-0.3, -0.25) is 0 Å². The topological polar surface area (TPSA) is 4.93 Å². The zero-order valence-corrected chi connectivity index (χ0v) is 13.2. The summed E-state index contributed by atoms with van der Waals surface area (Å²) >= 11 is 11.8. The maximum Gasteiger partial charge on any atom is 0.432 e. The molecular formula is C12H7Br2ClF3N. The molecule has 1 heterocycles. The third-order valence-corrected chi connectivity index (χ3v) is 3.94. The van der Waals surface area contributed by atoms with Crippen LogP contribution in [0.15, 0.2) is 34.8 Å². The second kappa shape index (κ2) is 5.50. The van der Waals surface area contributed by atoms with E-state index in [-0.39, 0.29) is 9.93 Å². The van der Waals surface area contributed by atoms with Gasteiger partial charge in [-0.05, 0) is 39.7 Å². The molecule has 0 aliphatic carbocycles. The predicted molar refractivity (Wildman–Crippen MR) is 76.5 cm³/mol. The van der Waals surface area contributed by atoms with Gasteiger partial charge in [-0.1, -0.05) is 39.7 Å². The van der Waals surface area contributed by atoms with Crippen LogP contribution in [0.1, 0.15) is 5.69 Å². The van der Waals surface area contributed by atoms with Gasteiger partial charge in [0.05, 0.1) is 11.1 Å². The van der Waals surface area contributed by atoms with Crippen molar-refractivity contribution >= 4 is 43.5 Å². The molecule has 2 rings (SSSR count). The lowest BCUT2D eigenvalue weighted by Gasteiger charge is -2.13. The lowest BCUT2D eigenvalue weighted by molar-refractivity contribution is -0.143. The predicted octanol–water partition coefficient (Wildman–Crippen LogP) is 5.94. The van der Waals surface area contributed by atoms with E-state index in [2.05, 4.69) is 31.9 Å². The third-order valence-electron chi connectivity index (χ3n) is 2.58. The van der Waals surface area contributed by atoms with Crippen LogP contribution in [-0.4, -0.2) is 4.57 Å². The van der Waals surface area contributed by atoms with Crippen molar-refractivity contribution in [2.75, 3.05) is 0 Å². The van der Waals surface area contributed by atoms with E-state index >= 15 is 0 Å². The molecule has 0 N–H and O–H groups in total. The van der Waals surface area contributed by atoms with E-state index in [0.717, 1.165) is 4.57 Å². The number of nitrogens with zero attached hydrogens (tertiary/aromatic N) is 1. The van der Waals surface area contributed by atoms with Crippen LogP contribution in [0.25, 0.3) is 11.3 Å². The highest BCUT2D eigenvalue weighted by atomic mass is 79.9. The summed E-state index contributed by atoms with van der Waals surface area (Å²) in [6.07, 6.45) is -4.42. The standard InChI is InChI=1S/C12H7Br2ClF3N/c13-6-19-10(7-1-3-8(15)4-2-7)5-9(14)11(19)12(16,17)18/h1-5H,6H2. The summed E-state index contributed by atoms with van der Waals surface area (Å²) in [6, 6.07) is 8.10. The highest BCUT2D eigenvalue weighted by molar-refractivity contribution is 9.10. The van der Waals surface area contributed by atoms with Gasteiger partial charge in [-0.2, -0.15) is 13.2 Å². The monoisotopic (exact) mass is 415 g/mol. The lowest BCUT2D eigenvalue weighted by Crippen LogP contribution is -2.13. The molecule has 0 unspecified atom stereocenters. The Morgan fingerprint density at radius 2 is 1.74 bits per heavy atom. The van der Waals surface area contributed by atoms with Gasteiger partial charge in [0, 0.05) is 9.50 Å². The van der Waals surface area contributed by atoms with Crippen LogP contribution in [0.4, 0.5) is 13.2 Å². The van der Waals surface area contributed by atoms with Gasteiger partial charge in [0.25, 0.3) is 0 Å². The molecule has 0 aliphatic rings. The quantitative estimate of drug-likeness (QED) is 0.533. The van der Waals surface area contributed by atoms with Gasteiger partial charge in [0.1, 0.15) is 5.69 Å². The zero-order valence-electron chi connectivity index (χ0n) is 9.31. The van der Waals surface area contributed by atoms with Crippen LogP contribution in [0.2, 0.25) is 5.02 Å². The lowest BCUT2D eigenvalue weighted by atomic mass is 10.1. The molecule has 7 heteroatoms. The van der Waals surface area contributed by atoms with Gasteiger partial charge in [-0.15, -0.1) is 0 Å². The first-order chi connectivity index (χ1) is 8.84. The highest BCUT2D eigenvalue weighted by Gasteiger charge is 2.38. The summed E-state index contributed by atoms with van der Waals surface area (Å²) in [5.41, 5.74) is 0.466. The molecule has 1 aromatic carbocycles. The number of benzene rings is 1. The van der Waals surface area contributed by atoms with Crippen LogP contribution < -0.4 is 0 Å². The van der Waals surface area contributed by atoms with E-state index in [9.17, 15) is 13.2 Å². The number of alkyl halides is 4. The van der Waals surface area contributed by atoms with Crippen molar-refractivity contribution < 1.29 is 13.2 Å². The summed E-state index contributed by atoms with van der Waals surface area (Å²) < 4.78 is 40.2. The molecule has 1 aromatic heterocycles. The SMILES string of the molecule is FC(F)(F)c1c(Br)cc(-c2ccc(Cl)cc2)n1CBr. The fourth-order valence-electron chi connectivity index (χ4n) is 1.79. The third kappa shape index (κ3) is 3.01. The Morgan fingerprint density at radius 1 is 1.16 bits per heavy atom. The molecule has 0 spiro atoms. The Kier molecular flexibility index (Phi) is 4.32. The van der Waals surface area contributed by atoms with E-state index in [1.807, 2.05) is 0 Å². The molecule has 2 aromatic rings. The second-order valence-electron chi connectivity index (χ2n) is 3.78. The number of hydrogen-bond acceptors (Lipinski definition) is 0. The van der Waals surface area contributed by atoms with E-state index < -0.39 is 11.9 Å². The summed E-state index contributed by atoms with van der Waals surface area (Å²) in [6.45, 7) is 0. The fraction of sp³-hybridized carbons (Fsp3) is 0.167. The Morgan fingerprint density at radius 3 is 2.21 bits per heavy atom. The van der Waals surface area contributed by atoms with Gasteiger partial charge >= 0.3 is 6.18 Å². The molecule has 0 bridgehead atoms. The molecular weight excluding hydrogens is 410 g/mol. The maximum absolute atomic E-state index is 13.0. The summed E-state index contributed by atoms with van der Waals surface area (Å²) in [5.74, 6) is 0. The number of aromatic nitrogens is 1. The van der Waals surface area contributed by atoms with E-state index in [1.165, 1.54) is 6.07 Å². The highest BCUT2D eigenvalue weighted by Crippen LogP contribution is 2.40. The van der Waals surface area contributed by atoms with Crippen LogP contribution in [-0.2, 0) is 11.6 Å². The molecule has 0 amide bonds. The van der Waals surface area contributed by atoms with Gasteiger partial charge in [0.15, 0.2) is 0 Å². The van der Waals surface area contributed by atoms with Crippen molar-refractivity contribution in [3.05, 3.63) is 45.5 Å². The van der Waals surface area contributed by atoms with Crippen molar-refractivity contribution in [2.45, 2.75) is 11.6 Å². The summed E-state index contributed by atoms with van der Waals surface area (Å²) in [5, 5.41) is 0.538. The largest absolute Gasteiger partial charge is 0.432 e. The number of hydrogen-bond donors (Lipinski definition) is 0. The molecule has 102 valence electrons. The van der Waals surface area contributed by atoms with E-state index in [4.69, 9.17) is 11.6 Å². The molecule has 0 radical (unpaired) electrons. The molecule has 0 saturated carbocycles. The molecule has 0 atom stereocenters. The van der Waals surface area contributed by atoms with Crippen molar-refractivity contribution in [3.63, 3.8) is 0 Å².